The van der Waals surface area contributed by atoms with Crippen LogP contribution in [-0.2, 0) is 4.79 Å². The predicted molar refractivity (Wildman–Crippen MR) is 71.4 cm³/mol. The second-order valence-electron chi connectivity index (χ2n) is 4.87. The van der Waals surface area contributed by atoms with E-state index in [0.29, 0.717) is 6.42 Å². The topological polar surface area (TPSA) is 78.8 Å². The number of Topliss-reactive ketones (excluding diaryl/α,β-unsaturated/α-hetero) is 1. The third kappa shape index (κ3) is 3.44. The summed E-state index contributed by atoms with van der Waals surface area (Å²) in [5, 5.41) is 13.1. The van der Waals surface area contributed by atoms with Crippen LogP contribution in [0.3, 0.4) is 0 Å². The second kappa shape index (κ2) is 6.17. The molecule has 5 nitrogen and oxygen atoms in total. The maximum atomic E-state index is 12.5. The van der Waals surface area contributed by atoms with Crippen LogP contribution in [0.2, 0.25) is 0 Å². The lowest BCUT2D eigenvalue weighted by molar-refractivity contribution is -0.173. The number of nitrogens with zero attached hydrogens (tertiary/aromatic N) is 1. The average molecular weight is 314 g/mol. The molecule has 1 unspecified atom stereocenters. The summed E-state index contributed by atoms with van der Waals surface area (Å²) in [7, 11) is 0. The summed E-state index contributed by atoms with van der Waals surface area (Å²) in [5.41, 5.74) is 2.04. The van der Waals surface area contributed by atoms with E-state index in [0.717, 1.165) is 0 Å². The van der Waals surface area contributed by atoms with Gasteiger partial charge < -0.3 is 5.11 Å². The van der Waals surface area contributed by atoms with Crippen LogP contribution in [0.1, 0.15) is 29.6 Å². The summed E-state index contributed by atoms with van der Waals surface area (Å²) in [6.07, 6.45) is -4.24. The van der Waals surface area contributed by atoms with Gasteiger partial charge >= 0.3 is 6.18 Å². The molecule has 1 aromatic carbocycles. The van der Waals surface area contributed by atoms with Crippen molar-refractivity contribution in [3.8, 4) is 5.75 Å². The van der Waals surface area contributed by atoms with Crippen molar-refractivity contribution in [1.29, 1.82) is 0 Å². The Morgan fingerprint density at radius 2 is 1.95 bits per heavy atom. The molecule has 2 rings (SSSR count). The summed E-state index contributed by atoms with van der Waals surface area (Å²) >= 11 is 0. The van der Waals surface area contributed by atoms with Crippen molar-refractivity contribution < 1.29 is 27.9 Å². The van der Waals surface area contributed by atoms with Crippen molar-refractivity contribution in [3.05, 3.63) is 29.8 Å². The first-order chi connectivity index (χ1) is 10.3. The van der Waals surface area contributed by atoms with E-state index < -0.39 is 23.8 Å². The molecule has 0 aromatic heterocycles. The molecule has 118 valence electrons. The quantitative estimate of drug-likeness (QED) is 0.841. The summed E-state index contributed by atoms with van der Waals surface area (Å²) < 4.78 is 37.4. The smallest absolute Gasteiger partial charge is 0.450 e. The first-order valence-electron chi connectivity index (χ1n) is 6.56. The molecular weight excluding hydrogens is 301 g/mol. The highest BCUT2D eigenvalue weighted by molar-refractivity contribution is 6.09. The number of nitrogens with one attached hydrogen (secondary N) is 1. The highest BCUT2D eigenvalue weighted by Crippen LogP contribution is 2.30. The van der Waals surface area contributed by atoms with Gasteiger partial charge in [0.05, 0.1) is 11.5 Å². The summed E-state index contributed by atoms with van der Waals surface area (Å²) in [5.74, 6) is -4.21. The van der Waals surface area contributed by atoms with Gasteiger partial charge in [0.25, 0.3) is 5.91 Å². The number of benzene rings is 1. The maximum Gasteiger partial charge on any atom is 0.450 e. The van der Waals surface area contributed by atoms with E-state index in [9.17, 15) is 27.9 Å². The van der Waals surface area contributed by atoms with Gasteiger partial charge in [0.2, 0.25) is 5.78 Å². The molecule has 22 heavy (non-hydrogen) atoms. The molecule has 1 aliphatic carbocycles. The molecule has 1 atom stereocenters. The zero-order valence-electron chi connectivity index (χ0n) is 11.4. The fourth-order valence-electron chi connectivity index (χ4n) is 2.29. The van der Waals surface area contributed by atoms with Gasteiger partial charge in [-0.3, -0.25) is 9.59 Å². The van der Waals surface area contributed by atoms with Gasteiger partial charge in [0, 0.05) is 5.71 Å². The third-order valence-corrected chi connectivity index (χ3v) is 3.37. The molecule has 0 saturated heterocycles. The number of phenolic OH excluding ortho intramolecular Hbond substituents is 1. The number of halogens is 3. The molecule has 1 fully saturated rings. The molecular formula is C14H13F3N2O3. The number of phenols is 1. The molecule has 8 heteroatoms. The largest absolute Gasteiger partial charge is 0.507 e. The molecule has 0 bridgehead atoms. The Hall–Kier alpha value is -2.38. The molecule has 0 spiro atoms. The van der Waals surface area contributed by atoms with Crippen LogP contribution < -0.4 is 5.43 Å². The summed E-state index contributed by atoms with van der Waals surface area (Å²) in [4.78, 5) is 23.1. The number of amides is 1. The van der Waals surface area contributed by atoms with Crippen LogP contribution >= 0.6 is 0 Å². The first kappa shape index (κ1) is 16.0. The average Bonchev–Trinajstić information content (AvgIpc) is 2.91. The molecule has 0 aliphatic heterocycles. The fraction of sp³-hybridized carbons (Fsp3) is 0.357. The van der Waals surface area contributed by atoms with Gasteiger partial charge in [0.1, 0.15) is 5.75 Å². The first-order valence-corrected chi connectivity index (χ1v) is 6.56. The Labute approximate surface area is 123 Å². The maximum absolute atomic E-state index is 12.5. The highest BCUT2D eigenvalue weighted by Gasteiger charge is 2.46. The zero-order chi connectivity index (χ0) is 16.3. The van der Waals surface area contributed by atoms with Gasteiger partial charge in [-0.2, -0.15) is 18.3 Å². The van der Waals surface area contributed by atoms with E-state index >= 15 is 0 Å². The van der Waals surface area contributed by atoms with Crippen molar-refractivity contribution in [3.63, 3.8) is 0 Å². The lowest BCUT2D eigenvalue weighted by atomic mass is 10.0. The van der Waals surface area contributed by atoms with Crippen LogP contribution in [0.15, 0.2) is 29.4 Å². The third-order valence-electron chi connectivity index (χ3n) is 3.37. The number of carbonyl (C=O) groups is 2. The second-order valence-corrected chi connectivity index (χ2v) is 4.87. The zero-order valence-corrected chi connectivity index (χ0v) is 11.4. The van der Waals surface area contributed by atoms with E-state index in [2.05, 4.69) is 10.5 Å². The minimum absolute atomic E-state index is 0.00564. The standard InChI is InChI=1S/C14H13F3N2O3/c15-14(16,17)12(21)8-5-3-6-10(8)18-19-13(22)9-4-1-2-7-11(9)20/h1-2,4,7-8,20H,3,5-6H2,(H,19,22). The minimum atomic E-state index is -4.92. The Morgan fingerprint density at radius 3 is 2.59 bits per heavy atom. The number of hydrazone groups is 1. The number of aromatic hydroxyl groups is 1. The fourth-order valence-corrected chi connectivity index (χ4v) is 2.29. The Balaban J connectivity index is 2.11. The molecule has 0 heterocycles. The van der Waals surface area contributed by atoms with Crippen molar-refractivity contribution >= 4 is 17.4 Å². The number of carbonyl (C=O) groups excluding carboxylic acids is 2. The minimum Gasteiger partial charge on any atom is -0.507 e. The lowest BCUT2D eigenvalue weighted by Crippen LogP contribution is -2.33. The van der Waals surface area contributed by atoms with E-state index in [-0.39, 0.29) is 29.9 Å². The van der Waals surface area contributed by atoms with Crippen LogP contribution in [-0.4, -0.2) is 28.7 Å². The van der Waals surface area contributed by atoms with Crippen LogP contribution in [0.4, 0.5) is 13.2 Å². The van der Waals surface area contributed by atoms with Crippen molar-refractivity contribution in [2.24, 2.45) is 11.0 Å². The lowest BCUT2D eigenvalue weighted by Gasteiger charge is -2.12. The highest BCUT2D eigenvalue weighted by atomic mass is 19.4. The molecule has 0 radical (unpaired) electrons. The Bertz CT molecular complexity index is 626. The normalized spacial score (nSPS) is 20.1. The van der Waals surface area contributed by atoms with Gasteiger partial charge in [-0.15, -0.1) is 0 Å². The number of ketones is 1. The van der Waals surface area contributed by atoms with E-state index in [1.807, 2.05) is 0 Å². The van der Waals surface area contributed by atoms with Gasteiger partial charge in [-0.05, 0) is 31.4 Å². The predicted octanol–water partition coefficient (Wildman–Crippen LogP) is 2.41. The SMILES string of the molecule is O=C(NN=C1CCCC1C(=O)C(F)(F)F)c1ccccc1O. The molecule has 2 N–H and O–H groups in total. The summed E-state index contributed by atoms with van der Waals surface area (Å²) in [6.45, 7) is 0. The number of rotatable bonds is 3. The van der Waals surface area contributed by atoms with Crippen LogP contribution in [0.5, 0.6) is 5.75 Å². The molecule has 1 aliphatic rings. The van der Waals surface area contributed by atoms with Crippen LogP contribution in [0.25, 0.3) is 0 Å². The van der Waals surface area contributed by atoms with E-state index in [4.69, 9.17) is 0 Å². The Morgan fingerprint density at radius 1 is 1.27 bits per heavy atom. The Kier molecular flexibility index (Phi) is 4.48. The van der Waals surface area contributed by atoms with Gasteiger partial charge in [0.15, 0.2) is 0 Å². The molecule has 1 aromatic rings. The number of para-hydroxylation sites is 1. The molecule has 1 amide bonds. The van der Waals surface area contributed by atoms with Crippen molar-refractivity contribution in [2.45, 2.75) is 25.4 Å². The van der Waals surface area contributed by atoms with E-state index in [1.54, 1.807) is 0 Å². The van der Waals surface area contributed by atoms with E-state index in [1.165, 1.54) is 24.3 Å². The number of alkyl halides is 3. The van der Waals surface area contributed by atoms with Crippen molar-refractivity contribution in [1.82, 2.24) is 5.43 Å². The molecule has 1 saturated carbocycles. The number of hydrogen-bond acceptors (Lipinski definition) is 4. The summed E-state index contributed by atoms with van der Waals surface area (Å²) in [6, 6.07) is 5.69. The van der Waals surface area contributed by atoms with Crippen LogP contribution in [0, 0.1) is 5.92 Å². The van der Waals surface area contributed by atoms with Crippen molar-refractivity contribution in [2.75, 3.05) is 0 Å². The van der Waals surface area contributed by atoms with Gasteiger partial charge in [-0.1, -0.05) is 12.1 Å². The monoisotopic (exact) mass is 314 g/mol. The number of hydrogen-bond donors (Lipinski definition) is 2. The van der Waals surface area contributed by atoms with Gasteiger partial charge in [-0.25, -0.2) is 5.43 Å².